The van der Waals surface area contributed by atoms with Crippen LogP contribution in [0.1, 0.15) is 55.5 Å². The number of benzene rings is 2. The third kappa shape index (κ3) is 8.19. The van der Waals surface area contributed by atoms with Crippen molar-refractivity contribution in [1.82, 2.24) is 15.0 Å². The highest BCUT2D eigenvalue weighted by Gasteiger charge is 2.32. The lowest BCUT2D eigenvalue weighted by atomic mass is 9.74. The van der Waals surface area contributed by atoms with Crippen molar-refractivity contribution < 1.29 is 14.2 Å². The summed E-state index contributed by atoms with van der Waals surface area (Å²) in [5.74, 6) is 1.49. The second-order valence-electron chi connectivity index (χ2n) is 15.0. The second-order valence-corrected chi connectivity index (χ2v) is 15.8. The lowest BCUT2D eigenvalue weighted by Gasteiger charge is -2.36. The fourth-order valence-electron chi connectivity index (χ4n) is 7.57. The smallest absolute Gasteiger partial charge is 0.237 e. The summed E-state index contributed by atoms with van der Waals surface area (Å²) in [7, 11) is 0. The summed E-state index contributed by atoms with van der Waals surface area (Å²) in [5.41, 5.74) is 9.21. The van der Waals surface area contributed by atoms with Crippen LogP contribution in [0.3, 0.4) is 0 Å². The molecule has 0 amide bonds. The number of hydrogen-bond donors (Lipinski definition) is 1. The van der Waals surface area contributed by atoms with Gasteiger partial charge in [-0.3, -0.25) is 9.71 Å². The summed E-state index contributed by atoms with van der Waals surface area (Å²) in [4.78, 5) is 21.0. The molecule has 50 heavy (non-hydrogen) atoms. The van der Waals surface area contributed by atoms with Gasteiger partial charge in [0, 0.05) is 48.6 Å². The third-order valence-corrected chi connectivity index (χ3v) is 10.7. The zero-order valence-corrected chi connectivity index (χ0v) is 30.9. The van der Waals surface area contributed by atoms with Gasteiger partial charge in [-0.1, -0.05) is 51.1 Å². The van der Waals surface area contributed by atoms with Crippen LogP contribution in [0.25, 0.3) is 11.3 Å². The van der Waals surface area contributed by atoms with Crippen LogP contribution >= 0.6 is 11.9 Å². The van der Waals surface area contributed by atoms with Gasteiger partial charge >= 0.3 is 0 Å². The number of aromatic nitrogens is 3. The van der Waals surface area contributed by atoms with E-state index in [9.17, 15) is 0 Å². The van der Waals surface area contributed by atoms with Crippen molar-refractivity contribution in [2.24, 2.45) is 11.3 Å². The molecule has 9 nitrogen and oxygen atoms in total. The van der Waals surface area contributed by atoms with E-state index in [1.165, 1.54) is 22.4 Å². The number of fused-ring (bicyclic) bond motifs is 4. The molecule has 7 rings (SSSR count). The highest BCUT2D eigenvalue weighted by atomic mass is 32.2. The van der Waals surface area contributed by atoms with Gasteiger partial charge in [0.25, 0.3) is 0 Å². The molecule has 3 aliphatic heterocycles. The third-order valence-electron chi connectivity index (χ3n) is 9.95. The predicted octanol–water partition coefficient (Wildman–Crippen LogP) is 7.72. The van der Waals surface area contributed by atoms with E-state index in [1.807, 2.05) is 6.07 Å². The number of anilines is 3. The molecule has 3 aliphatic rings. The minimum atomic E-state index is 0.0815. The summed E-state index contributed by atoms with van der Waals surface area (Å²) >= 11 is 1.54. The van der Waals surface area contributed by atoms with Crippen molar-refractivity contribution in [3.05, 3.63) is 83.2 Å². The topological polar surface area (TPSA) is 84.9 Å². The van der Waals surface area contributed by atoms with Gasteiger partial charge in [0.2, 0.25) is 11.8 Å². The molecule has 2 saturated heterocycles. The standard InChI is InChI=1S/C40H50N6O3S/c1-27-8-6-9-28(2)38(27)35-23-37-43-39(42-35)44-50-32-11-7-10-29(20-32)33(30(26-49-37)24-40(3,4)5)22-34-36(46-14-18-48-19-15-46)21-31(25-41-34)45-12-16-47-17-13-45/h6-11,20-21,23,25,30,33H,12-19,22,24,26H2,1-5H3,(H,42,43,44). The van der Waals surface area contributed by atoms with Crippen molar-refractivity contribution >= 4 is 29.3 Å². The Kier molecular flexibility index (Phi) is 10.5. The SMILES string of the molecule is Cc1cccc(C)c1-c1cc2nc(n1)NSc1cccc(c1)C(Cc1ncc(N3CCOCC3)cc1N1CCOCC1)C(CC(C)(C)C)CO2. The molecule has 1 N–H and O–H groups in total. The first-order valence-electron chi connectivity index (χ1n) is 18.0. The van der Waals surface area contributed by atoms with Gasteiger partial charge < -0.3 is 24.0 Å². The number of nitrogens with zero attached hydrogens (tertiary/aromatic N) is 5. The molecule has 2 aromatic heterocycles. The highest BCUT2D eigenvalue weighted by Crippen LogP contribution is 2.41. The Labute approximate surface area is 301 Å². The maximum absolute atomic E-state index is 6.74. The minimum Gasteiger partial charge on any atom is -0.477 e. The maximum atomic E-state index is 6.74. The number of aryl methyl sites for hydroxylation is 2. The van der Waals surface area contributed by atoms with E-state index in [2.05, 4.69) is 104 Å². The van der Waals surface area contributed by atoms with Crippen LogP contribution in [0.2, 0.25) is 0 Å². The molecule has 2 aromatic carbocycles. The molecular formula is C40H50N6O3S. The second kappa shape index (κ2) is 15.2. The first-order chi connectivity index (χ1) is 24.2. The van der Waals surface area contributed by atoms with Gasteiger partial charge in [0.1, 0.15) is 0 Å². The van der Waals surface area contributed by atoms with Crippen molar-refractivity contribution in [1.29, 1.82) is 0 Å². The number of nitrogens with one attached hydrogen (secondary N) is 1. The van der Waals surface area contributed by atoms with E-state index in [0.29, 0.717) is 18.4 Å². The number of morpholine rings is 2. The normalized spacial score (nSPS) is 19.9. The molecule has 0 saturated carbocycles. The molecule has 0 spiro atoms. The fourth-order valence-corrected chi connectivity index (χ4v) is 8.21. The lowest BCUT2D eigenvalue weighted by molar-refractivity contribution is 0.122. The molecule has 0 radical (unpaired) electrons. The number of hydrogen-bond acceptors (Lipinski definition) is 10. The lowest BCUT2D eigenvalue weighted by Crippen LogP contribution is -2.38. The summed E-state index contributed by atoms with van der Waals surface area (Å²) in [5, 5.41) is 0. The van der Waals surface area contributed by atoms with E-state index < -0.39 is 0 Å². The average Bonchev–Trinajstić information content (AvgIpc) is 3.11. The number of pyridine rings is 1. The molecule has 5 heterocycles. The van der Waals surface area contributed by atoms with E-state index in [1.54, 1.807) is 11.9 Å². The maximum Gasteiger partial charge on any atom is 0.237 e. The molecule has 0 aliphatic carbocycles. The monoisotopic (exact) mass is 694 g/mol. The van der Waals surface area contributed by atoms with Crippen LogP contribution in [0.5, 0.6) is 5.88 Å². The van der Waals surface area contributed by atoms with E-state index in [0.717, 1.165) is 93.0 Å². The highest BCUT2D eigenvalue weighted by molar-refractivity contribution is 8.00. The van der Waals surface area contributed by atoms with E-state index in [4.69, 9.17) is 29.2 Å². The molecule has 2 atom stereocenters. The van der Waals surface area contributed by atoms with Gasteiger partial charge in [-0.15, -0.1) is 0 Å². The molecular weight excluding hydrogens is 645 g/mol. The summed E-state index contributed by atoms with van der Waals surface area (Å²) in [6.07, 6.45) is 3.85. The van der Waals surface area contributed by atoms with Crippen LogP contribution in [0.4, 0.5) is 17.3 Å². The Morgan fingerprint density at radius 3 is 2.28 bits per heavy atom. The van der Waals surface area contributed by atoms with Crippen molar-refractivity contribution in [2.45, 2.75) is 58.3 Å². The van der Waals surface area contributed by atoms with Crippen molar-refractivity contribution in [3.8, 4) is 17.1 Å². The molecule has 264 valence electrons. The Bertz CT molecular complexity index is 1760. The summed E-state index contributed by atoms with van der Waals surface area (Å²) in [6, 6.07) is 19.6. The van der Waals surface area contributed by atoms with Gasteiger partial charge in [-0.05, 0) is 84.9 Å². The molecule has 2 unspecified atom stereocenters. The zero-order chi connectivity index (χ0) is 34.7. The van der Waals surface area contributed by atoms with Gasteiger partial charge in [-0.2, -0.15) is 4.98 Å². The van der Waals surface area contributed by atoms with Crippen molar-refractivity contribution in [2.75, 3.05) is 73.7 Å². The zero-order valence-electron chi connectivity index (χ0n) is 30.1. The van der Waals surface area contributed by atoms with E-state index >= 15 is 0 Å². The van der Waals surface area contributed by atoms with Gasteiger partial charge in [0.15, 0.2) is 0 Å². The van der Waals surface area contributed by atoms with Crippen LogP contribution in [-0.4, -0.2) is 74.2 Å². The Hall–Kier alpha value is -3.86. The van der Waals surface area contributed by atoms with Gasteiger partial charge in [0.05, 0.1) is 62.0 Å². The Morgan fingerprint density at radius 2 is 1.56 bits per heavy atom. The number of ether oxygens (including phenoxy) is 3. The minimum absolute atomic E-state index is 0.0815. The summed E-state index contributed by atoms with van der Waals surface area (Å²) in [6.45, 7) is 18.2. The Balaban J connectivity index is 1.28. The van der Waals surface area contributed by atoms with Crippen LogP contribution < -0.4 is 19.3 Å². The van der Waals surface area contributed by atoms with Crippen LogP contribution in [-0.2, 0) is 15.9 Å². The largest absolute Gasteiger partial charge is 0.477 e. The summed E-state index contributed by atoms with van der Waals surface area (Å²) < 4.78 is 21.6. The van der Waals surface area contributed by atoms with E-state index in [-0.39, 0.29) is 17.3 Å². The van der Waals surface area contributed by atoms with Gasteiger partial charge in [-0.25, -0.2) is 4.98 Å². The molecule has 4 bridgehead atoms. The first-order valence-corrected chi connectivity index (χ1v) is 18.8. The molecule has 10 heteroatoms. The van der Waals surface area contributed by atoms with Crippen LogP contribution in [0.15, 0.2) is 65.7 Å². The molecule has 4 aromatic rings. The fraction of sp³-hybridized carbons (Fsp3) is 0.475. The average molecular weight is 695 g/mol. The quantitative estimate of drug-likeness (QED) is 0.203. The molecule has 2 fully saturated rings. The first kappa shape index (κ1) is 34.6. The number of rotatable bonds is 6. The van der Waals surface area contributed by atoms with Crippen molar-refractivity contribution in [3.63, 3.8) is 0 Å². The Morgan fingerprint density at radius 1 is 0.860 bits per heavy atom. The predicted molar refractivity (Wildman–Crippen MR) is 203 cm³/mol. The van der Waals surface area contributed by atoms with Crippen LogP contribution in [0, 0.1) is 25.2 Å².